The first kappa shape index (κ1) is 15.1. The Hall–Kier alpha value is -2.34. The number of H-pyrrole nitrogens is 2. The number of nitrogens with two attached hydrogens (primary N) is 1. The van der Waals surface area contributed by atoms with Crippen LogP contribution in [-0.2, 0) is 12.8 Å². The molecule has 0 bridgehead atoms. The number of fused-ring (bicyclic) bond motifs is 1. The predicted molar refractivity (Wildman–Crippen MR) is 84.6 cm³/mol. The summed E-state index contributed by atoms with van der Waals surface area (Å²) < 4.78 is 0. The summed E-state index contributed by atoms with van der Waals surface area (Å²) in [6.07, 6.45) is 2.70. The van der Waals surface area contributed by atoms with E-state index in [2.05, 4.69) is 32.1 Å². The van der Waals surface area contributed by atoms with Gasteiger partial charge in [-0.2, -0.15) is 4.98 Å². The van der Waals surface area contributed by atoms with E-state index in [1.807, 2.05) is 18.2 Å². The lowest BCUT2D eigenvalue weighted by Gasteiger charge is -1.99. The number of rotatable bonds is 4. The third-order valence-electron chi connectivity index (χ3n) is 3.15. The number of anilines is 1. The maximum atomic E-state index is 11.7. The van der Waals surface area contributed by atoms with Gasteiger partial charge in [0.05, 0.1) is 0 Å². The zero-order chi connectivity index (χ0) is 13.9. The molecule has 2 heterocycles. The van der Waals surface area contributed by atoms with Crippen LogP contribution < -0.4 is 11.3 Å². The molecule has 4 N–H and O–H groups in total. The highest BCUT2D eigenvalue weighted by Crippen LogP contribution is 2.09. The Kier molecular flexibility index (Phi) is 4.59. The summed E-state index contributed by atoms with van der Waals surface area (Å²) in [6, 6.07) is 10.3. The summed E-state index contributed by atoms with van der Waals surface area (Å²) in [5.41, 5.74) is 7.26. The molecule has 0 saturated heterocycles. The van der Waals surface area contributed by atoms with E-state index in [-0.39, 0.29) is 23.9 Å². The number of hydrogen-bond acceptors (Lipinski definition) is 4. The van der Waals surface area contributed by atoms with Crippen molar-refractivity contribution in [1.82, 2.24) is 19.9 Å². The first-order chi connectivity index (χ1) is 9.72. The lowest BCUT2D eigenvalue weighted by atomic mass is 10.1. The number of aromatic nitrogens is 4. The molecule has 0 aliphatic carbocycles. The Labute approximate surface area is 127 Å². The molecule has 0 amide bonds. The molecule has 110 valence electrons. The van der Waals surface area contributed by atoms with Gasteiger partial charge in [-0.3, -0.25) is 9.78 Å². The molecule has 7 heteroatoms. The Morgan fingerprint density at radius 2 is 1.81 bits per heavy atom. The van der Waals surface area contributed by atoms with Gasteiger partial charge in [-0.15, -0.1) is 12.4 Å². The van der Waals surface area contributed by atoms with Crippen molar-refractivity contribution in [2.75, 3.05) is 5.73 Å². The fraction of sp³-hybridized carbons (Fsp3) is 0.214. The number of nitrogen functional groups attached to an aromatic ring is 1. The van der Waals surface area contributed by atoms with Gasteiger partial charge in [0, 0.05) is 6.42 Å². The van der Waals surface area contributed by atoms with E-state index in [9.17, 15) is 4.79 Å². The summed E-state index contributed by atoms with van der Waals surface area (Å²) in [5, 5.41) is 0. The largest absolute Gasteiger partial charge is 0.369 e. The minimum atomic E-state index is -0.283. The van der Waals surface area contributed by atoms with Crippen molar-refractivity contribution in [2.24, 2.45) is 0 Å². The zero-order valence-corrected chi connectivity index (χ0v) is 12.1. The van der Waals surface area contributed by atoms with Crippen LogP contribution in [0.1, 0.15) is 17.8 Å². The van der Waals surface area contributed by atoms with Crippen LogP contribution in [0.5, 0.6) is 0 Å². The van der Waals surface area contributed by atoms with E-state index < -0.39 is 0 Å². The fourth-order valence-corrected chi connectivity index (χ4v) is 2.19. The molecule has 0 atom stereocenters. The van der Waals surface area contributed by atoms with Gasteiger partial charge in [0.25, 0.3) is 5.56 Å². The molecule has 0 unspecified atom stereocenters. The second-order valence-corrected chi connectivity index (χ2v) is 4.67. The highest BCUT2D eigenvalue weighted by atomic mass is 35.5. The van der Waals surface area contributed by atoms with Gasteiger partial charge in [-0.1, -0.05) is 30.3 Å². The Morgan fingerprint density at radius 1 is 1.05 bits per heavy atom. The number of hydrogen-bond donors (Lipinski definition) is 3. The molecule has 0 saturated carbocycles. The molecule has 0 aliphatic rings. The van der Waals surface area contributed by atoms with Gasteiger partial charge in [0.2, 0.25) is 5.95 Å². The highest BCUT2D eigenvalue weighted by molar-refractivity contribution is 5.85. The van der Waals surface area contributed by atoms with Crippen molar-refractivity contribution in [2.45, 2.75) is 19.3 Å². The quantitative estimate of drug-likeness (QED) is 0.684. The standard InChI is InChI=1S/C14H15N5O.ClH/c15-14-18-12-11(13(20)19-14)16-10(17-12)8-4-7-9-5-2-1-3-6-9;/h1-3,5-6H,4,7-8H2,(H4,15,16,17,18,19,20);1H. The summed E-state index contributed by atoms with van der Waals surface area (Å²) in [7, 11) is 0. The van der Waals surface area contributed by atoms with Gasteiger partial charge in [0.15, 0.2) is 11.2 Å². The van der Waals surface area contributed by atoms with Crippen molar-refractivity contribution in [1.29, 1.82) is 0 Å². The molecule has 21 heavy (non-hydrogen) atoms. The Balaban J connectivity index is 0.00000161. The monoisotopic (exact) mass is 305 g/mol. The number of nitrogens with one attached hydrogen (secondary N) is 2. The van der Waals surface area contributed by atoms with Gasteiger partial charge >= 0.3 is 0 Å². The molecule has 0 spiro atoms. The molecule has 2 aromatic heterocycles. The number of imidazole rings is 1. The van der Waals surface area contributed by atoms with Crippen molar-refractivity contribution < 1.29 is 0 Å². The minimum Gasteiger partial charge on any atom is -0.369 e. The van der Waals surface area contributed by atoms with E-state index in [0.717, 1.165) is 25.1 Å². The molecule has 3 aromatic rings. The van der Waals surface area contributed by atoms with E-state index in [0.29, 0.717) is 11.2 Å². The fourth-order valence-electron chi connectivity index (χ4n) is 2.19. The van der Waals surface area contributed by atoms with Crippen LogP contribution in [0.15, 0.2) is 35.1 Å². The highest BCUT2D eigenvalue weighted by Gasteiger charge is 2.08. The number of benzene rings is 1. The lowest BCUT2D eigenvalue weighted by Crippen LogP contribution is -2.10. The van der Waals surface area contributed by atoms with Gasteiger partial charge in [0.1, 0.15) is 5.82 Å². The average molecular weight is 306 g/mol. The maximum Gasteiger partial charge on any atom is 0.278 e. The van der Waals surface area contributed by atoms with Crippen molar-refractivity contribution in [3.8, 4) is 0 Å². The Morgan fingerprint density at radius 3 is 2.57 bits per heavy atom. The van der Waals surface area contributed by atoms with Crippen LogP contribution in [-0.4, -0.2) is 19.9 Å². The first-order valence-electron chi connectivity index (χ1n) is 6.51. The van der Waals surface area contributed by atoms with Gasteiger partial charge in [-0.25, -0.2) is 4.98 Å². The zero-order valence-electron chi connectivity index (χ0n) is 11.3. The Bertz CT molecular complexity index is 781. The predicted octanol–water partition coefficient (Wildman–Crippen LogP) is 1.83. The maximum absolute atomic E-state index is 11.7. The van der Waals surface area contributed by atoms with Crippen molar-refractivity contribution >= 4 is 29.5 Å². The first-order valence-corrected chi connectivity index (χ1v) is 6.51. The number of aryl methyl sites for hydroxylation is 2. The minimum absolute atomic E-state index is 0. The normalized spacial score (nSPS) is 10.5. The number of nitrogens with zero attached hydrogens (tertiary/aromatic N) is 2. The second-order valence-electron chi connectivity index (χ2n) is 4.67. The van der Waals surface area contributed by atoms with Crippen LogP contribution in [0.3, 0.4) is 0 Å². The topological polar surface area (TPSA) is 100 Å². The molecular weight excluding hydrogens is 290 g/mol. The van der Waals surface area contributed by atoms with E-state index in [1.54, 1.807) is 0 Å². The summed E-state index contributed by atoms with van der Waals surface area (Å²) in [4.78, 5) is 25.4. The molecule has 0 aliphatic heterocycles. The van der Waals surface area contributed by atoms with Crippen molar-refractivity contribution in [3.63, 3.8) is 0 Å². The van der Waals surface area contributed by atoms with E-state index >= 15 is 0 Å². The van der Waals surface area contributed by atoms with Gasteiger partial charge < -0.3 is 10.7 Å². The average Bonchev–Trinajstić information content (AvgIpc) is 2.83. The summed E-state index contributed by atoms with van der Waals surface area (Å²) in [5.74, 6) is 0.851. The van der Waals surface area contributed by atoms with Crippen LogP contribution in [0, 0.1) is 0 Å². The third kappa shape index (κ3) is 3.41. The van der Waals surface area contributed by atoms with Gasteiger partial charge in [-0.05, 0) is 18.4 Å². The van der Waals surface area contributed by atoms with Crippen LogP contribution in [0.4, 0.5) is 5.95 Å². The molecule has 6 nitrogen and oxygen atoms in total. The summed E-state index contributed by atoms with van der Waals surface area (Å²) in [6.45, 7) is 0. The van der Waals surface area contributed by atoms with E-state index in [1.165, 1.54) is 5.56 Å². The SMILES string of the molecule is Cl.Nc1nc2nc(CCCc3ccccc3)[nH]c2c(=O)[nH]1. The van der Waals surface area contributed by atoms with Crippen LogP contribution in [0.25, 0.3) is 11.2 Å². The third-order valence-corrected chi connectivity index (χ3v) is 3.15. The lowest BCUT2D eigenvalue weighted by molar-refractivity contribution is 0.785. The molecule has 3 rings (SSSR count). The smallest absolute Gasteiger partial charge is 0.278 e. The van der Waals surface area contributed by atoms with Crippen LogP contribution >= 0.6 is 12.4 Å². The second kappa shape index (κ2) is 6.41. The molecule has 0 fully saturated rings. The summed E-state index contributed by atoms with van der Waals surface area (Å²) >= 11 is 0. The van der Waals surface area contributed by atoms with Crippen molar-refractivity contribution in [3.05, 3.63) is 52.1 Å². The van der Waals surface area contributed by atoms with E-state index in [4.69, 9.17) is 5.73 Å². The molecular formula is C14H16ClN5O. The van der Waals surface area contributed by atoms with Crippen LogP contribution in [0.2, 0.25) is 0 Å². The molecule has 0 radical (unpaired) electrons. The molecule has 1 aromatic carbocycles. The number of halogens is 1. The number of aromatic amines is 2.